The fraction of sp³-hybridized carbons (Fsp3) is 0.833. The molecule has 2 fully saturated rings. The van der Waals surface area contributed by atoms with Crippen molar-refractivity contribution < 1.29 is 14.3 Å². The maximum Gasteiger partial charge on any atom is 0.328 e. The zero-order valence-corrected chi connectivity index (χ0v) is 10.3. The summed E-state index contributed by atoms with van der Waals surface area (Å²) in [5.74, 6) is -0.218. The lowest BCUT2D eigenvalue weighted by molar-refractivity contribution is -0.151. The Hall–Kier alpha value is -1.10. The third kappa shape index (κ3) is 2.60. The molecule has 0 aromatic carbocycles. The summed E-state index contributed by atoms with van der Waals surface area (Å²) >= 11 is 0. The molecule has 2 atom stereocenters. The summed E-state index contributed by atoms with van der Waals surface area (Å²) < 4.78 is 4.75. The number of amides is 1. The summed E-state index contributed by atoms with van der Waals surface area (Å²) in [6.45, 7) is 1.57. The molecule has 0 bridgehead atoms. The lowest BCUT2D eigenvalue weighted by atomic mass is 10.0. The maximum atomic E-state index is 12.3. The largest absolute Gasteiger partial charge is 0.467 e. The van der Waals surface area contributed by atoms with E-state index < -0.39 is 0 Å². The molecule has 2 heterocycles. The Morgan fingerprint density at radius 1 is 1.24 bits per heavy atom. The second-order valence-corrected chi connectivity index (χ2v) is 4.72. The van der Waals surface area contributed by atoms with Crippen LogP contribution < -0.4 is 5.32 Å². The minimum atomic E-state index is -0.365. The molecule has 0 saturated carbocycles. The van der Waals surface area contributed by atoms with Gasteiger partial charge in [-0.3, -0.25) is 4.79 Å². The van der Waals surface area contributed by atoms with E-state index >= 15 is 0 Å². The average molecular weight is 240 g/mol. The van der Waals surface area contributed by atoms with Crippen LogP contribution in [0.25, 0.3) is 0 Å². The van der Waals surface area contributed by atoms with Gasteiger partial charge in [0, 0.05) is 6.54 Å². The van der Waals surface area contributed by atoms with E-state index in [1.807, 2.05) is 0 Å². The molecule has 17 heavy (non-hydrogen) atoms. The first-order chi connectivity index (χ1) is 8.24. The third-order valence-electron chi connectivity index (χ3n) is 3.62. The van der Waals surface area contributed by atoms with Gasteiger partial charge in [-0.2, -0.15) is 0 Å². The molecule has 1 amide bonds. The molecule has 0 aliphatic carbocycles. The highest BCUT2D eigenvalue weighted by Gasteiger charge is 2.37. The Kier molecular flexibility index (Phi) is 3.99. The van der Waals surface area contributed by atoms with Gasteiger partial charge in [-0.15, -0.1) is 0 Å². The molecule has 0 radical (unpaired) electrons. The molecular weight excluding hydrogens is 220 g/mol. The Bertz CT molecular complexity index is 300. The average Bonchev–Trinajstić information content (AvgIpc) is 2.87. The highest BCUT2D eigenvalue weighted by Crippen LogP contribution is 2.21. The predicted octanol–water partition coefficient (Wildman–Crippen LogP) is 0.292. The van der Waals surface area contributed by atoms with E-state index in [9.17, 15) is 9.59 Å². The number of ether oxygens (including phenoxy) is 1. The molecule has 0 aromatic rings. The van der Waals surface area contributed by atoms with Crippen LogP contribution in [0.15, 0.2) is 0 Å². The van der Waals surface area contributed by atoms with Crippen molar-refractivity contribution in [1.82, 2.24) is 10.2 Å². The van der Waals surface area contributed by atoms with Crippen molar-refractivity contribution in [3.05, 3.63) is 0 Å². The van der Waals surface area contributed by atoms with E-state index in [1.54, 1.807) is 4.90 Å². The van der Waals surface area contributed by atoms with Gasteiger partial charge < -0.3 is 15.0 Å². The fourth-order valence-electron chi connectivity index (χ4n) is 2.67. The molecule has 2 rings (SSSR count). The van der Waals surface area contributed by atoms with Gasteiger partial charge in [0.15, 0.2) is 0 Å². The van der Waals surface area contributed by atoms with E-state index in [4.69, 9.17) is 4.74 Å². The highest BCUT2D eigenvalue weighted by molar-refractivity contribution is 5.88. The topological polar surface area (TPSA) is 58.6 Å². The first kappa shape index (κ1) is 12.4. The number of hydrogen-bond acceptors (Lipinski definition) is 4. The number of methoxy groups -OCH3 is 1. The van der Waals surface area contributed by atoms with Gasteiger partial charge in [-0.05, 0) is 32.2 Å². The normalized spacial score (nSPS) is 29.1. The van der Waals surface area contributed by atoms with Gasteiger partial charge in [0.2, 0.25) is 5.91 Å². The van der Waals surface area contributed by atoms with Gasteiger partial charge in [0.1, 0.15) is 6.04 Å². The number of esters is 1. The van der Waals surface area contributed by atoms with Gasteiger partial charge in [-0.1, -0.05) is 6.42 Å². The number of carbonyl (C=O) groups is 2. The first-order valence-corrected chi connectivity index (χ1v) is 6.35. The molecular formula is C12H20N2O3. The minimum Gasteiger partial charge on any atom is -0.467 e. The molecule has 1 unspecified atom stereocenters. The zero-order chi connectivity index (χ0) is 12.3. The van der Waals surface area contributed by atoms with Crippen LogP contribution in [0, 0.1) is 0 Å². The molecule has 0 spiro atoms. The van der Waals surface area contributed by atoms with Crippen LogP contribution in [-0.4, -0.2) is 49.1 Å². The number of likely N-dealkylation sites (tertiary alicyclic amines) is 1. The monoisotopic (exact) mass is 240 g/mol. The second-order valence-electron chi connectivity index (χ2n) is 4.72. The van der Waals surface area contributed by atoms with Crippen LogP contribution in [0.1, 0.15) is 32.1 Å². The van der Waals surface area contributed by atoms with E-state index in [0.717, 1.165) is 38.6 Å². The van der Waals surface area contributed by atoms with Crippen molar-refractivity contribution in [3.8, 4) is 0 Å². The molecule has 0 aromatic heterocycles. The molecule has 96 valence electrons. The standard InChI is InChI=1S/C12H20N2O3/c1-17-12(16)10-6-4-8-14(10)11(15)9-5-2-3-7-13-9/h9-10,13H,2-8H2,1H3/t9?,10-/m0/s1. The lowest BCUT2D eigenvalue weighted by Gasteiger charge is -2.30. The number of carbonyl (C=O) groups excluding carboxylic acids is 2. The molecule has 2 aliphatic heterocycles. The van der Waals surface area contributed by atoms with Crippen molar-refractivity contribution in [2.75, 3.05) is 20.2 Å². The van der Waals surface area contributed by atoms with E-state index in [0.29, 0.717) is 6.54 Å². The summed E-state index contributed by atoms with van der Waals surface area (Å²) in [6, 6.07) is -0.467. The number of nitrogens with zero attached hydrogens (tertiary/aromatic N) is 1. The zero-order valence-electron chi connectivity index (χ0n) is 10.3. The van der Waals surface area contributed by atoms with Crippen molar-refractivity contribution in [2.24, 2.45) is 0 Å². The minimum absolute atomic E-state index is 0.0672. The number of rotatable bonds is 2. The number of piperidine rings is 1. The Labute approximate surface area is 101 Å². The Morgan fingerprint density at radius 2 is 2.06 bits per heavy atom. The van der Waals surface area contributed by atoms with Crippen molar-refractivity contribution >= 4 is 11.9 Å². The van der Waals surface area contributed by atoms with Crippen molar-refractivity contribution in [2.45, 2.75) is 44.2 Å². The van der Waals surface area contributed by atoms with Gasteiger partial charge >= 0.3 is 5.97 Å². The summed E-state index contributed by atoms with van der Waals surface area (Å²) in [5.41, 5.74) is 0. The Morgan fingerprint density at radius 3 is 2.71 bits per heavy atom. The maximum absolute atomic E-state index is 12.3. The molecule has 5 heteroatoms. The van der Waals surface area contributed by atoms with Crippen LogP contribution in [0.2, 0.25) is 0 Å². The van der Waals surface area contributed by atoms with Gasteiger partial charge in [-0.25, -0.2) is 4.79 Å². The summed E-state index contributed by atoms with van der Waals surface area (Å²) in [4.78, 5) is 25.6. The second kappa shape index (κ2) is 5.49. The molecule has 2 aliphatic rings. The summed E-state index contributed by atoms with van der Waals surface area (Å²) in [5, 5.41) is 3.23. The predicted molar refractivity (Wildman–Crippen MR) is 62.4 cm³/mol. The van der Waals surface area contributed by atoms with E-state index in [-0.39, 0.29) is 24.0 Å². The molecule has 2 saturated heterocycles. The summed E-state index contributed by atoms with van der Waals surface area (Å²) in [6.07, 6.45) is 4.71. The van der Waals surface area contributed by atoms with Crippen molar-refractivity contribution in [1.29, 1.82) is 0 Å². The van der Waals surface area contributed by atoms with Gasteiger partial charge in [0.25, 0.3) is 0 Å². The third-order valence-corrected chi connectivity index (χ3v) is 3.62. The fourth-order valence-corrected chi connectivity index (χ4v) is 2.67. The SMILES string of the molecule is COC(=O)[C@@H]1CCCN1C(=O)C1CCCCN1. The summed E-state index contributed by atoms with van der Waals surface area (Å²) in [7, 11) is 1.38. The van der Waals surface area contributed by atoms with Gasteiger partial charge in [0.05, 0.1) is 13.2 Å². The quantitative estimate of drug-likeness (QED) is 0.705. The molecule has 1 N–H and O–H groups in total. The van der Waals surface area contributed by atoms with E-state index in [2.05, 4.69) is 5.32 Å². The highest BCUT2D eigenvalue weighted by atomic mass is 16.5. The number of hydrogen-bond donors (Lipinski definition) is 1. The van der Waals surface area contributed by atoms with Crippen LogP contribution in [0.3, 0.4) is 0 Å². The van der Waals surface area contributed by atoms with Crippen molar-refractivity contribution in [3.63, 3.8) is 0 Å². The first-order valence-electron chi connectivity index (χ1n) is 6.35. The van der Waals surface area contributed by atoms with Crippen LogP contribution >= 0.6 is 0 Å². The van der Waals surface area contributed by atoms with E-state index in [1.165, 1.54) is 7.11 Å². The number of nitrogens with one attached hydrogen (secondary N) is 1. The van der Waals surface area contributed by atoms with Crippen LogP contribution in [0.5, 0.6) is 0 Å². The van der Waals surface area contributed by atoms with Crippen LogP contribution in [0.4, 0.5) is 0 Å². The van der Waals surface area contributed by atoms with Crippen LogP contribution in [-0.2, 0) is 14.3 Å². The smallest absolute Gasteiger partial charge is 0.328 e. The Balaban J connectivity index is 1.99. The lowest BCUT2D eigenvalue weighted by Crippen LogP contribution is -2.51. The molecule has 5 nitrogen and oxygen atoms in total.